The van der Waals surface area contributed by atoms with Gasteiger partial charge in [-0.25, -0.2) is 4.98 Å². The summed E-state index contributed by atoms with van der Waals surface area (Å²) in [6, 6.07) is 12.2. The third kappa shape index (κ3) is 3.31. The van der Waals surface area contributed by atoms with Gasteiger partial charge in [-0.3, -0.25) is 0 Å². The Balaban J connectivity index is 1.98. The minimum absolute atomic E-state index is 0.0924. The van der Waals surface area contributed by atoms with Gasteiger partial charge in [0.25, 0.3) is 0 Å². The van der Waals surface area contributed by atoms with Crippen molar-refractivity contribution in [1.82, 2.24) is 9.36 Å². The molecule has 0 spiro atoms. The zero-order valence-corrected chi connectivity index (χ0v) is 11.7. The lowest BCUT2D eigenvalue weighted by Crippen LogP contribution is -1.98. The van der Waals surface area contributed by atoms with Gasteiger partial charge in [0.2, 0.25) is 0 Å². The van der Waals surface area contributed by atoms with Gasteiger partial charge in [-0.15, -0.1) is 0 Å². The van der Waals surface area contributed by atoms with Crippen LogP contribution in [0, 0.1) is 11.3 Å². The smallest absolute Gasteiger partial charge is 0.170 e. The lowest BCUT2D eigenvalue weighted by Gasteiger charge is -2.06. The molecule has 0 saturated heterocycles. The zero-order chi connectivity index (χ0) is 12.8. The second-order valence-electron chi connectivity index (χ2n) is 3.73. The second-order valence-corrected chi connectivity index (χ2v) is 5.75. The first-order valence-electron chi connectivity index (χ1n) is 5.73. The summed E-state index contributed by atoms with van der Waals surface area (Å²) in [6.07, 6.45) is 0.859. The standard InChI is InChI=1S/C13H13N3S2/c1-2-12-15-13(18-16-12)17-9-11(8-14)10-6-4-3-5-7-10/h3-7,11H,2,9H2,1H3. The van der Waals surface area contributed by atoms with Gasteiger partial charge < -0.3 is 0 Å². The predicted molar refractivity (Wildman–Crippen MR) is 74.8 cm³/mol. The first-order valence-corrected chi connectivity index (χ1v) is 7.49. The molecule has 92 valence electrons. The van der Waals surface area contributed by atoms with Gasteiger partial charge in [0, 0.05) is 12.2 Å². The maximum absolute atomic E-state index is 9.21. The molecule has 1 atom stereocenters. The Bertz CT molecular complexity index is 531. The van der Waals surface area contributed by atoms with Crippen molar-refractivity contribution in [3.8, 4) is 6.07 Å². The Hall–Kier alpha value is -1.38. The third-order valence-corrected chi connectivity index (χ3v) is 4.46. The van der Waals surface area contributed by atoms with Crippen LogP contribution in [0.5, 0.6) is 0 Å². The third-order valence-electron chi connectivity index (χ3n) is 2.50. The van der Waals surface area contributed by atoms with Gasteiger partial charge in [0.15, 0.2) is 4.34 Å². The summed E-state index contributed by atoms with van der Waals surface area (Å²) in [5.41, 5.74) is 1.06. The van der Waals surface area contributed by atoms with E-state index in [9.17, 15) is 5.26 Å². The summed E-state index contributed by atoms with van der Waals surface area (Å²) in [5.74, 6) is 1.51. The van der Waals surface area contributed by atoms with E-state index in [1.807, 2.05) is 37.3 Å². The number of aryl methyl sites for hydroxylation is 1. The van der Waals surface area contributed by atoms with Crippen LogP contribution in [0.4, 0.5) is 0 Å². The molecule has 2 aromatic rings. The van der Waals surface area contributed by atoms with Crippen molar-refractivity contribution in [2.24, 2.45) is 0 Å². The second kappa shape index (κ2) is 6.53. The molecule has 5 heteroatoms. The molecule has 2 rings (SSSR count). The van der Waals surface area contributed by atoms with Crippen molar-refractivity contribution in [3.05, 3.63) is 41.7 Å². The van der Waals surface area contributed by atoms with Crippen molar-refractivity contribution in [3.63, 3.8) is 0 Å². The maximum atomic E-state index is 9.21. The fourth-order valence-corrected chi connectivity index (χ4v) is 3.26. The predicted octanol–water partition coefficient (Wildman–Crippen LogP) is 3.50. The number of hydrogen-bond donors (Lipinski definition) is 0. The van der Waals surface area contributed by atoms with Crippen molar-refractivity contribution in [1.29, 1.82) is 5.26 Å². The van der Waals surface area contributed by atoms with Crippen molar-refractivity contribution >= 4 is 23.3 Å². The van der Waals surface area contributed by atoms with Gasteiger partial charge in [0.1, 0.15) is 5.82 Å². The number of rotatable bonds is 5. The minimum atomic E-state index is -0.0924. The summed E-state index contributed by atoms with van der Waals surface area (Å²) in [5, 5.41) is 9.21. The van der Waals surface area contributed by atoms with E-state index >= 15 is 0 Å². The molecule has 0 fully saturated rings. The van der Waals surface area contributed by atoms with Gasteiger partial charge in [-0.2, -0.15) is 9.64 Å². The van der Waals surface area contributed by atoms with Crippen LogP contribution in [-0.4, -0.2) is 15.1 Å². The fraction of sp³-hybridized carbons (Fsp3) is 0.308. The van der Waals surface area contributed by atoms with E-state index in [2.05, 4.69) is 15.4 Å². The molecule has 1 aromatic carbocycles. The minimum Gasteiger partial charge on any atom is -0.213 e. The van der Waals surface area contributed by atoms with Crippen LogP contribution in [0.3, 0.4) is 0 Å². The van der Waals surface area contributed by atoms with Crippen LogP contribution in [0.1, 0.15) is 24.2 Å². The molecule has 1 unspecified atom stereocenters. The van der Waals surface area contributed by atoms with E-state index in [1.165, 1.54) is 11.5 Å². The monoisotopic (exact) mass is 275 g/mol. The molecular formula is C13H13N3S2. The maximum Gasteiger partial charge on any atom is 0.170 e. The first-order chi connectivity index (χ1) is 8.83. The summed E-state index contributed by atoms with van der Waals surface area (Å²) in [7, 11) is 0. The van der Waals surface area contributed by atoms with Gasteiger partial charge >= 0.3 is 0 Å². The highest BCUT2D eigenvalue weighted by atomic mass is 32.2. The molecule has 0 amide bonds. The zero-order valence-electron chi connectivity index (χ0n) is 10.0. The van der Waals surface area contributed by atoms with E-state index < -0.39 is 0 Å². The molecular weight excluding hydrogens is 262 g/mol. The molecule has 0 bridgehead atoms. The average molecular weight is 275 g/mol. The molecule has 0 radical (unpaired) electrons. The Morgan fingerprint density at radius 2 is 2.17 bits per heavy atom. The lowest BCUT2D eigenvalue weighted by molar-refractivity contribution is 0.965. The Labute approximate surface area is 115 Å². The number of benzene rings is 1. The average Bonchev–Trinajstić information content (AvgIpc) is 2.89. The fourth-order valence-electron chi connectivity index (χ4n) is 1.49. The van der Waals surface area contributed by atoms with E-state index in [1.54, 1.807) is 11.8 Å². The summed E-state index contributed by atoms with van der Waals surface area (Å²) in [6.45, 7) is 2.04. The van der Waals surface area contributed by atoms with Crippen LogP contribution in [0.2, 0.25) is 0 Å². The Morgan fingerprint density at radius 1 is 1.39 bits per heavy atom. The molecule has 1 heterocycles. The Kier molecular flexibility index (Phi) is 4.73. The molecule has 18 heavy (non-hydrogen) atoms. The van der Waals surface area contributed by atoms with Crippen LogP contribution in [0.25, 0.3) is 0 Å². The summed E-state index contributed by atoms with van der Waals surface area (Å²) >= 11 is 3.02. The highest BCUT2D eigenvalue weighted by molar-refractivity contribution is 8.00. The normalized spacial score (nSPS) is 12.0. The van der Waals surface area contributed by atoms with Crippen LogP contribution in [-0.2, 0) is 6.42 Å². The number of thioether (sulfide) groups is 1. The molecule has 3 nitrogen and oxygen atoms in total. The largest absolute Gasteiger partial charge is 0.213 e. The first kappa shape index (κ1) is 13.1. The van der Waals surface area contributed by atoms with Crippen LogP contribution < -0.4 is 0 Å². The van der Waals surface area contributed by atoms with Crippen molar-refractivity contribution in [2.75, 3.05) is 5.75 Å². The molecule has 1 aromatic heterocycles. The van der Waals surface area contributed by atoms with E-state index in [0.29, 0.717) is 0 Å². The summed E-state index contributed by atoms with van der Waals surface area (Å²) in [4.78, 5) is 4.39. The number of aromatic nitrogens is 2. The number of nitriles is 1. The van der Waals surface area contributed by atoms with Gasteiger partial charge in [-0.1, -0.05) is 49.0 Å². The highest BCUT2D eigenvalue weighted by Gasteiger charge is 2.12. The molecule has 0 saturated carbocycles. The Morgan fingerprint density at radius 3 is 2.78 bits per heavy atom. The number of hydrogen-bond acceptors (Lipinski definition) is 5. The van der Waals surface area contributed by atoms with Gasteiger partial charge in [-0.05, 0) is 17.1 Å². The van der Waals surface area contributed by atoms with E-state index in [-0.39, 0.29) is 5.92 Å². The topological polar surface area (TPSA) is 49.6 Å². The number of nitrogens with zero attached hydrogens (tertiary/aromatic N) is 3. The molecule has 0 aliphatic carbocycles. The summed E-state index contributed by atoms with van der Waals surface area (Å²) < 4.78 is 5.19. The van der Waals surface area contributed by atoms with Crippen LogP contribution in [0.15, 0.2) is 34.7 Å². The molecule has 0 aliphatic rings. The quantitative estimate of drug-likeness (QED) is 0.784. The van der Waals surface area contributed by atoms with Crippen molar-refractivity contribution < 1.29 is 0 Å². The molecule has 0 N–H and O–H groups in total. The van der Waals surface area contributed by atoms with E-state index in [0.717, 1.165) is 27.9 Å². The van der Waals surface area contributed by atoms with E-state index in [4.69, 9.17) is 0 Å². The molecule has 0 aliphatic heterocycles. The lowest BCUT2D eigenvalue weighted by atomic mass is 10.0. The highest BCUT2D eigenvalue weighted by Crippen LogP contribution is 2.27. The SMILES string of the molecule is CCc1nsc(SCC(C#N)c2ccccc2)n1. The van der Waals surface area contributed by atoms with Crippen LogP contribution >= 0.6 is 23.3 Å². The van der Waals surface area contributed by atoms with Gasteiger partial charge in [0.05, 0.1) is 12.0 Å². The van der Waals surface area contributed by atoms with Crippen molar-refractivity contribution in [2.45, 2.75) is 23.6 Å².